The third kappa shape index (κ3) is 5.47. The highest BCUT2D eigenvalue weighted by Gasteiger charge is 2.04. The first-order valence-corrected chi connectivity index (χ1v) is 7.45. The Bertz CT molecular complexity index is 700. The highest BCUT2D eigenvalue weighted by molar-refractivity contribution is 6.35. The Labute approximate surface area is 143 Å². The van der Waals surface area contributed by atoms with Gasteiger partial charge in [0.15, 0.2) is 6.61 Å². The Morgan fingerprint density at radius 2 is 1.91 bits per heavy atom. The molecule has 0 amide bonds. The van der Waals surface area contributed by atoms with Gasteiger partial charge in [-0.05, 0) is 29.8 Å². The topological polar surface area (TPSA) is 70.9 Å². The number of halogens is 2. The smallest absolute Gasteiger partial charge is 0.341 e. The van der Waals surface area contributed by atoms with Gasteiger partial charge in [0.05, 0.1) is 12.8 Å². The molecular formula is C16H14Cl2N2O3. The minimum atomic E-state index is -1.03. The number of nitrogens with zero attached hydrogens (tertiary/aromatic N) is 1. The minimum absolute atomic E-state index is 0.385. The van der Waals surface area contributed by atoms with Gasteiger partial charge < -0.3 is 15.3 Å². The fourth-order valence-electron chi connectivity index (χ4n) is 1.78. The second-order valence-electron chi connectivity index (χ2n) is 4.55. The molecule has 0 radical (unpaired) electrons. The van der Waals surface area contributed by atoms with Crippen LogP contribution in [-0.2, 0) is 11.3 Å². The molecule has 0 atom stereocenters. The molecule has 0 saturated carbocycles. The first-order chi connectivity index (χ1) is 11.1. The number of ether oxygens (including phenoxy) is 1. The molecule has 23 heavy (non-hydrogen) atoms. The molecule has 0 spiro atoms. The molecule has 0 aromatic heterocycles. The number of hydrogen-bond acceptors (Lipinski definition) is 4. The summed E-state index contributed by atoms with van der Waals surface area (Å²) in [4.78, 5) is 10.5. The Morgan fingerprint density at radius 3 is 2.61 bits per heavy atom. The summed E-state index contributed by atoms with van der Waals surface area (Å²) >= 11 is 12.1. The Morgan fingerprint density at radius 1 is 1.22 bits per heavy atom. The predicted octanol–water partition coefficient (Wildman–Crippen LogP) is 3.58. The predicted molar refractivity (Wildman–Crippen MR) is 90.5 cm³/mol. The number of nitrogens with one attached hydrogen (secondary N) is 1. The van der Waals surface area contributed by atoms with Gasteiger partial charge in [-0.3, -0.25) is 0 Å². The van der Waals surface area contributed by atoms with Crippen molar-refractivity contribution in [3.05, 3.63) is 63.6 Å². The van der Waals surface area contributed by atoms with E-state index < -0.39 is 5.97 Å². The van der Waals surface area contributed by atoms with Crippen molar-refractivity contribution >= 4 is 35.4 Å². The number of rotatable bonds is 7. The van der Waals surface area contributed by atoms with E-state index in [1.807, 2.05) is 6.07 Å². The molecule has 0 unspecified atom stereocenters. The van der Waals surface area contributed by atoms with E-state index in [1.165, 1.54) is 0 Å². The second kappa shape index (κ2) is 8.41. The molecule has 5 nitrogen and oxygen atoms in total. The first-order valence-electron chi connectivity index (χ1n) is 6.70. The van der Waals surface area contributed by atoms with Crippen LogP contribution in [-0.4, -0.2) is 23.9 Å². The highest BCUT2D eigenvalue weighted by Crippen LogP contribution is 2.23. The molecule has 0 bridgehead atoms. The fourth-order valence-corrected chi connectivity index (χ4v) is 2.31. The van der Waals surface area contributed by atoms with E-state index in [0.29, 0.717) is 22.3 Å². The molecule has 2 N–H and O–H groups in total. The molecular weight excluding hydrogens is 339 g/mol. The molecule has 0 saturated heterocycles. The van der Waals surface area contributed by atoms with Gasteiger partial charge >= 0.3 is 5.97 Å². The van der Waals surface area contributed by atoms with Crippen LogP contribution in [0.1, 0.15) is 11.1 Å². The summed E-state index contributed by atoms with van der Waals surface area (Å²) in [6.45, 7) is 0.00800. The summed E-state index contributed by atoms with van der Waals surface area (Å²) in [7, 11) is 0. The molecule has 0 aliphatic carbocycles. The molecule has 0 fully saturated rings. The normalized spacial score (nSPS) is 10.7. The van der Waals surface area contributed by atoms with Crippen molar-refractivity contribution < 1.29 is 14.6 Å². The van der Waals surface area contributed by atoms with Gasteiger partial charge in [0, 0.05) is 15.6 Å². The van der Waals surface area contributed by atoms with E-state index >= 15 is 0 Å². The quantitative estimate of drug-likeness (QED) is 0.590. The monoisotopic (exact) mass is 352 g/mol. The van der Waals surface area contributed by atoms with Gasteiger partial charge in [-0.2, -0.15) is 5.10 Å². The fraction of sp³-hybridized carbons (Fsp3) is 0.125. The van der Waals surface area contributed by atoms with Crippen LogP contribution in [0.25, 0.3) is 0 Å². The molecule has 7 heteroatoms. The number of hydrazone groups is 1. The number of hydrogen-bond donors (Lipinski definition) is 2. The van der Waals surface area contributed by atoms with E-state index in [4.69, 9.17) is 33.0 Å². The van der Waals surface area contributed by atoms with E-state index in [9.17, 15) is 4.79 Å². The lowest BCUT2D eigenvalue weighted by atomic mass is 10.2. The largest absolute Gasteiger partial charge is 0.482 e. The molecule has 2 rings (SSSR count). The summed E-state index contributed by atoms with van der Waals surface area (Å²) in [5.74, 6) is -0.562. The zero-order valence-electron chi connectivity index (χ0n) is 12.0. The zero-order valence-corrected chi connectivity index (χ0v) is 13.5. The summed E-state index contributed by atoms with van der Waals surface area (Å²) in [5, 5.41) is 13.8. The van der Waals surface area contributed by atoms with Crippen LogP contribution in [0.3, 0.4) is 0 Å². The van der Waals surface area contributed by atoms with Crippen molar-refractivity contribution in [2.45, 2.75) is 6.54 Å². The molecule has 0 heterocycles. The van der Waals surface area contributed by atoms with Gasteiger partial charge in [0.25, 0.3) is 0 Å². The van der Waals surface area contributed by atoms with Crippen LogP contribution in [0.5, 0.6) is 5.75 Å². The number of carboxylic acids is 1. The maximum absolute atomic E-state index is 10.5. The Balaban J connectivity index is 1.93. The van der Waals surface area contributed by atoms with Crippen LogP contribution in [0.4, 0.5) is 0 Å². The Hall–Kier alpha value is -2.24. The van der Waals surface area contributed by atoms with E-state index in [0.717, 1.165) is 11.1 Å². The maximum atomic E-state index is 10.5. The van der Waals surface area contributed by atoms with Crippen LogP contribution in [0, 0.1) is 0 Å². The van der Waals surface area contributed by atoms with Crippen molar-refractivity contribution in [2.75, 3.05) is 6.61 Å². The molecule has 120 valence electrons. The van der Waals surface area contributed by atoms with Crippen LogP contribution in [0.2, 0.25) is 10.0 Å². The molecule has 2 aromatic carbocycles. The number of carbonyl (C=O) groups is 1. The lowest BCUT2D eigenvalue weighted by Crippen LogP contribution is -2.09. The second-order valence-corrected chi connectivity index (χ2v) is 5.36. The summed E-state index contributed by atoms with van der Waals surface area (Å²) < 4.78 is 5.10. The van der Waals surface area contributed by atoms with Gasteiger partial charge in [0.1, 0.15) is 5.75 Å². The SMILES string of the molecule is O=C(O)COc1cccc(/C=N/NCc2c(Cl)cccc2Cl)c1. The first kappa shape index (κ1) is 17.1. The van der Waals surface area contributed by atoms with Crippen LogP contribution < -0.4 is 10.2 Å². The number of benzene rings is 2. The number of carboxylic acid groups (broad SMARTS) is 1. The average Bonchev–Trinajstić information content (AvgIpc) is 2.52. The van der Waals surface area contributed by atoms with Gasteiger partial charge in [0.2, 0.25) is 0 Å². The lowest BCUT2D eigenvalue weighted by Gasteiger charge is -2.06. The van der Waals surface area contributed by atoms with Crippen molar-refractivity contribution in [1.29, 1.82) is 0 Å². The molecule has 2 aromatic rings. The summed E-state index contributed by atoms with van der Waals surface area (Å²) in [6.07, 6.45) is 1.60. The van der Waals surface area contributed by atoms with Crippen LogP contribution >= 0.6 is 23.2 Å². The van der Waals surface area contributed by atoms with Crippen molar-refractivity contribution in [1.82, 2.24) is 5.43 Å². The number of aliphatic carboxylic acids is 1. The van der Waals surface area contributed by atoms with Gasteiger partial charge in [-0.25, -0.2) is 4.79 Å². The van der Waals surface area contributed by atoms with Crippen molar-refractivity contribution in [2.24, 2.45) is 5.10 Å². The lowest BCUT2D eigenvalue weighted by molar-refractivity contribution is -0.139. The third-order valence-corrected chi connectivity index (χ3v) is 3.55. The van der Waals surface area contributed by atoms with Crippen molar-refractivity contribution in [3.63, 3.8) is 0 Å². The summed E-state index contributed by atoms with van der Waals surface area (Å²) in [6, 6.07) is 12.2. The van der Waals surface area contributed by atoms with Crippen LogP contribution in [0.15, 0.2) is 47.6 Å². The standard InChI is InChI=1S/C16H14Cl2N2O3/c17-14-5-2-6-15(18)13(14)9-20-19-8-11-3-1-4-12(7-11)23-10-16(21)22/h1-8,20H,9-10H2,(H,21,22)/b19-8+. The third-order valence-electron chi connectivity index (χ3n) is 2.84. The average molecular weight is 353 g/mol. The van der Waals surface area contributed by atoms with E-state index in [2.05, 4.69) is 10.5 Å². The Kier molecular flexibility index (Phi) is 6.26. The van der Waals surface area contributed by atoms with Gasteiger partial charge in [-0.1, -0.05) is 41.4 Å². The highest BCUT2D eigenvalue weighted by atomic mass is 35.5. The molecule has 0 aliphatic rings. The van der Waals surface area contributed by atoms with Gasteiger partial charge in [-0.15, -0.1) is 0 Å². The van der Waals surface area contributed by atoms with E-state index in [1.54, 1.807) is 42.6 Å². The maximum Gasteiger partial charge on any atom is 0.341 e. The summed E-state index contributed by atoms with van der Waals surface area (Å²) in [5.41, 5.74) is 4.41. The minimum Gasteiger partial charge on any atom is -0.482 e. The van der Waals surface area contributed by atoms with Crippen molar-refractivity contribution in [3.8, 4) is 5.75 Å². The van der Waals surface area contributed by atoms with E-state index in [-0.39, 0.29) is 6.61 Å². The molecule has 0 aliphatic heterocycles. The zero-order chi connectivity index (χ0) is 16.7.